The Morgan fingerprint density at radius 3 is 2.00 bits per heavy atom. The van der Waals surface area contributed by atoms with E-state index in [1.165, 1.54) is 45.1 Å². The number of nitrogens with one attached hydrogen (secondary N) is 2. The van der Waals surface area contributed by atoms with Crippen LogP contribution in [0.15, 0.2) is 0 Å². The molecular weight excluding hydrogens is 195 g/mol. The molecule has 2 aliphatic rings. The van der Waals surface area contributed by atoms with Crippen LogP contribution in [0, 0.1) is 0 Å². The molecule has 0 aromatic heterocycles. The van der Waals surface area contributed by atoms with Crippen molar-refractivity contribution < 1.29 is 0 Å². The lowest BCUT2D eigenvalue weighted by Crippen LogP contribution is -2.44. The van der Waals surface area contributed by atoms with E-state index < -0.39 is 0 Å². The molecule has 0 radical (unpaired) electrons. The number of rotatable bonds is 0. The van der Waals surface area contributed by atoms with Gasteiger partial charge in [0.05, 0.1) is 0 Å². The molecule has 0 amide bonds. The SMILES string of the molecule is C1CCC2(CC1)CCNN2.Cl.Cl. The third kappa shape index (κ3) is 2.49. The molecule has 2 rings (SSSR count). The van der Waals surface area contributed by atoms with Gasteiger partial charge in [0.1, 0.15) is 0 Å². The van der Waals surface area contributed by atoms with Crippen molar-refractivity contribution in [3.8, 4) is 0 Å². The third-order valence-corrected chi connectivity index (χ3v) is 2.89. The van der Waals surface area contributed by atoms with Crippen molar-refractivity contribution in [1.29, 1.82) is 0 Å². The molecule has 0 bridgehead atoms. The Bertz CT molecular complexity index is 116. The Balaban J connectivity index is 0.000000605. The van der Waals surface area contributed by atoms with Crippen LogP contribution in [0.4, 0.5) is 0 Å². The van der Waals surface area contributed by atoms with E-state index in [0.29, 0.717) is 5.54 Å². The molecule has 1 saturated carbocycles. The molecule has 4 heteroatoms. The van der Waals surface area contributed by atoms with Crippen LogP contribution < -0.4 is 10.9 Å². The van der Waals surface area contributed by atoms with E-state index in [0.717, 1.165) is 0 Å². The molecule has 12 heavy (non-hydrogen) atoms. The fourth-order valence-electron chi connectivity index (χ4n) is 2.22. The molecular formula is C8H18Cl2N2. The van der Waals surface area contributed by atoms with Crippen LogP contribution >= 0.6 is 24.8 Å². The summed E-state index contributed by atoms with van der Waals surface area (Å²) in [5, 5.41) is 0. The summed E-state index contributed by atoms with van der Waals surface area (Å²) in [6.45, 7) is 1.17. The van der Waals surface area contributed by atoms with Gasteiger partial charge >= 0.3 is 0 Å². The van der Waals surface area contributed by atoms with E-state index in [1.807, 2.05) is 0 Å². The minimum atomic E-state index is 0. The van der Waals surface area contributed by atoms with Crippen molar-refractivity contribution in [3.63, 3.8) is 0 Å². The molecule has 0 aromatic carbocycles. The number of hydrogen-bond acceptors (Lipinski definition) is 2. The first-order valence-corrected chi connectivity index (χ1v) is 4.41. The lowest BCUT2D eigenvalue weighted by atomic mass is 9.81. The molecule has 1 heterocycles. The van der Waals surface area contributed by atoms with Gasteiger partial charge in [-0.25, -0.2) is 0 Å². The predicted octanol–water partition coefficient (Wildman–Crippen LogP) is 2.03. The standard InChI is InChI=1S/C8H16N2.2ClH/c1-2-4-8(5-3-1)6-7-9-10-8;;/h9-10H,1-7H2;2*1H. The third-order valence-electron chi connectivity index (χ3n) is 2.89. The average Bonchev–Trinajstić information content (AvgIpc) is 2.39. The van der Waals surface area contributed by atoms with Gasteiger partial charge in [-0.05, 0) is 19.3 Å². The highest BCUT2D eigenvalue weighted by molar-refractivity contribution is 5.85. The minimum absolute atomic E-state index is 0. The maximum Gasteiger partial charge on any atom is 0.0336 e. The Hall–Kier alpha value is 0.500. The molecule has 0 atom stereocenters. The Labute approximate surface area is 86.7 Å². The summed E-state index contributed by atoms with van der Waals surface area (Å²) in [6, 6.07) is 0. The monoisotopic (exact) mass is 212 g/mol. The Morgan fingerprint density at radius 1 is 0.833 bits per heavy atom. The summed E-state index contributed by atoms with van der Waals surface area (Å²) in [6.07, 6.45) is 8.42. The molecule has 0 unspecified atom stereocenters. The van der Waals surface area contributed by atoms with Crippen molar-refractivity contribution in [2.45, 2.75) is 44.1 Å². The predicted molar refractivity (Wildman–Crippen MR) is 56.1 cm³/mol. The van der Waals surface area contributed by atoms with E-state index in [4.69, 9.17) is 0 Å². The first-order valence-electron chi connectivity index (χ1n) is 4.41. The van der Waals surface area contributed by atoms with E-state index in [2.05, 4.69) is 10.9 Å². The highest BCUT2D eigenvalue weighted by atomic mass is 35.5. The largest absolute Gasteiger partial charge is 0.257 e. The van der Waals surface area contributed by atoms with Gasteiger partial charge in [-0.15, -0.1) is 24.8 Å². The lowest BCUT2D eigenvalue weighted by Gasteiger charge is -2.32. The van der Waals surface area contributed by atoms with Crippen LogP contribution in [0.5, 0.6) is 0 Å². The van der Waals surface area contributed by atoms with Gasteiger partial charge in [0.15, 0.2) is 0 Å². The van der Waals surface area contributed by atoms with E-state index >= 15 is 0 Å². The lowest BCUT2D eigenvalue weighted by molar-refractivity contribution is 0.253. The number of hydrazine groups is 1. The molecule has 0 aromatic rings. The second kappa shape index (κ2) is 5.28. The van der Waals surface area contributed by atoms with E-state index in [9.17, 15) is 0 Å². The van der Waals surface area contributed by atoms with Crippen LogP contribution in [0.3, 0.4) is 0 Å². The highest BCUT2D eigenvalue weighted by Gasteiger charge is 2.34. The minimum Gasteiger partial charge on any atom is -0.257 e. The first kappa shape index (κ1) is 12.5. The zero-order valence-corrected chi connectivity index (χ0v) is 8.90. The zero-order chi connectivity index (χ0) is 6.86. The van der Waals surface area contributed by atoms with Crippen molar-refractivity contribution in [3.05, 3.63) is 0 Å². The summed E-state index contributed by atoms with van der Waals surface area (Å²) in [5.74, 6) is 0. The topological polar surface area (TPSA) is 24.1 Å². The van der Waals surface area contributed by atoms with Crippen LogP contribution in [-0.2, 0) is 0 Å². The number of halogens is 2. The molecule has 1 saturated heterocycles. The maximum absolute atomic E-state index is 3.42. The smallest absolute Gasteiger partial charge is 0.0336 e. The van der Waals surface area contributed by atoms with Gasteiger partial charge < -0.3 is 0 Å². The molecule has 2 N–H and O–H groups in total. The normalized spacial score (nSPS) is 26.0. The number of hydrogen-bond donors (Lipinski definition) is 2. The Kier molecular flexibility index (Phi) is 5.50. The van der Waals surface area contributed by atoms with Gasteiger partial charge in [-0.1, -0.05) is 19.3 Å². The second-order valence-corrected chi connectivity index (χ2v) is 3.64. The van der Waals surface area contributed by atoms with Crippen LogP contribution in [0.1, 0.15) is 38.5 Å². The van der Waals surface area contributed by atoms with Crippen molar-refractivity contribution in [1.82, 2.24) is 10.9 Å². The van der Waals surface area contributed by atoms with Crippen molar-refractivity contribution in [2.24, 2.45) is 0 Å². The molecule has 1 spiro atoms. The van der Waals surface area contributed by atoms with Gasteiger partial charge in [-0.2, -0.15) is 0 Å². The summed E-state index contributed by atoms with van der Waals surface area (Å²) in [5.41, 5.74) is 7.17. The van der Waals surface area contributed by atoms with Crippen LogP contribution in [0.25, 0.3) is 0 Å². The molecule has 2 fully saturated rings. The summed E-state index contributed by atoms with van der Waals surface area (Å²) >= 11 is 0. The van der Waals surface area contributed by atoms with E-state index in [1.54, 1.807) is 0 Å². The van der Waals surface area contributed by atoms with Gasteiger partial charge in [0.2, 0.25) is 0 Å². The quantitative estimate of drug-likeness (QED) is 0.643. The summed E-state index contributed by atoms with van der Waals surface area (Å²) in [4.78, 5) is 0. The second-order valence-electron chi connectivity index (χ2n) is 3.64. The molecule has 2 nitrogen and oxygen atoms in total. The molecule has 1 aliphatic carbocycles. The summed E-state index contributed by atoms with van der Waals surface area (Å²) < 4.78 is 0. The summed E-state index contributed by atoms with van der Waals surface area (Å²) in [7, 11) is 0. The zero-order valence-electron chi connectivity index (χ0n) is 7.27. The van der Waals surface area contributed by atoms with Crippen LogP contribution in [0.2, 0.25) is 0 Å². The van der Waals surface area contributed by atoms with Crippen molar-refractivity contribution >= 4 is 24.8 Å². The van der Waals surface area contributed by atoms with E-state index in [-0.39, 0.29) is 24.8 Å². The van der Waals surface area contributed by atoms with Gasteiger partial charge in [-0.3, -0.25) is 10.9 Å². The molecule has 74 valence electrons. The van der Waals surface area contributed by atoms with Crippen molar-refractivity contribution in [2.75, 3.05) is 6.54 Å². The fraction of sp³-hybridized carbons (Fsp3) is 1.00. The Morgan fingerprint density at radius 2 is 1.50 bits per heavy atom. The first-order chi connectivity index (χ1) is 4.91. The van der Waals surface area contributed by atoms with Crippen LogP contribution in [-0.4, -0.2) is 12.1 Å². The maximum atomic E-state index is 3.42. The van der Waals surface area contributed by atoms with Gasteiger partial charge in [0, 0.05) is 12.1 Å². The fourth-order valence-corrected chi connectivity index (χ4v) is 2.22. The van der Waals surface area contributed by atoms with Gasteiger partial charge in [0.25, 0.3) is 0 Å². The molecule has 1 aliphatic heterocycles. The highest BCUT2D eigenvalue weighted by Crippen LogP contribution is 2.31. The average molecular weight is 213 g/mol.